The SMILES string of the molecule is CCC[C@@H](NC(=O)N1CC(=O)NC[C@H](Cc2cc(Cl)ccc2OC)C1=O)c1ccc(C(=O)OC(C)(C)C)c([N+](=O)[O-])c1. The molecular formula is C29H35ClN4O8. The quantitative estimate of drug-likeness (QED) is 0.240. The van der Waals surface area contributed by atoms with Crippen molar-refractivity contribution in [3.63, 3.8) is 0 Å². The van der Waals surface area contributed by atoms with Crippen LogP contribution in [0.4, 0.5) is 10.5 Å². The molecule has 3 rings (SSSR count). The molecule has 0 aliphatic carbocycles. The molecule has 0 aromatic heterocycles. The molecule has 2 atom stereocenters. The third-order valence-corrected chi connectivity index (χ3v) is 6.77. The second-order valence-electron chi connectivity index (χ2n) is 10.9. The van der Waals surface area contributed by atoms with Crippen molar-refractivity contribution >= 4 is 41.1 Å². The Kier molecular flexibility index (Phi) is 10.5. The van der Waals surface area contributed by atoms with Crippen LogP contribution in [0.2, 0.25) is 5.02 Å². The van der Waals surface area contributed by atoms with Crippen molar-refractivity contribution in [2.75, 3.05) is 20.2 Å². The van der Waals surface area contributed by atoms with E-state index in [0.717, 1.165) is 4.90 Å². The minimum Gasteiger partial charge on any atom is -0.496 e. The number of imide groups is 1. The van der Waals surface area contributed by atoms with Crippen LogP contribution in [0.1, 0.15) is 68.1 Å². The Morgan fingerprint density at radius 3 is 2.55 bits per heavy atom. The van der Waals surface area contributed by atoms with Gasteiger partial charge in [-0.25, -0.2) is 9.59 Å². The van der Waals surface area contributed by atoms with Gasteiger partial charge in [-0.1, -0.05) is 31.0 Å². The van der Waals surface area contributed by atoms with Crippen LogP contribution in [-0.2, 0) is 20.7 Å². The predicted octanol–water partition coefficient (Wildman–Crippen LogP) is 4.58. The first-order valence-electron chi connectivity index (χ1n) is 13.5. The maximum Gasteiger partial charge on any atom is 0.345 e. The van der Waals surface area contributed by atoms with Crippen LogP contribution in [0.25, 0.3) is 0 Å². The van der Waals surface area contributed by atoms with Crippen LogP contribution in [0.3, 0.4) is 0 Å². The molecule has 1 fully saturated rings. The van der Waals surface area contributed by atoms with Gasteiger partial charge >= 0.3 is 12.0 Å². The lowest BCUT2D eigenvalue weighted by Gasteiger charge is -2.26. The summed E-state index contributed by atoms with van der Waals surface area (Å²) in [5, 5.41) is 17.7. The number of ether oxygens (including phenoxy) is 2. The van der Waals surface area contributed by atoms with Crippen molar-refractivity contribution in [3.05, 3.63) is 68.2 Å². The van der Waals surface area contributed by atoms with Gasteiger partial charge in [-0.3, -0.25) is 24.6 Å². The Morgan fingerprint density at radius 2 is 1.93 bits per heavy atom. The van der Waals surface area contributed by atoms with Gasteiger partial charge in [0.1, 0.15) is 23.5 Å². The number of halogens is 1. The van der Waals surface area contributed by atoms with E-state index < -0.39 is 58.5 Å². The van der Waals surface area contributed by atoms with E-state index in [1.54, 1.807) is 39.0 Å². The third-order valence-electron chi connectivity index (χ3n) is 6.53. The van der Waals surface area contributed by atoms with Crippen molar-refractivity contribution in [1.82, 2.24) is 15.5 Å². The molecule has 4 amide bonds. The summed E-state index contributed by atoms with van der Waals surface area (Å²) in [6.45, 7) is 6.33. The lowest BCUT2D eigenvalue weighted by atomic mass is 9.97. The Balaban J connectivity index is 1.88. The molecule has 1 aliphatic rings. The number of nitro groups is 1. The zero-order chi connectivity index (χ0) is 31.2. The number of rotatable bonds is 9. The minimum absolute atomic E-state index is 0.00776. The summed E-state index contributed by atoms with van der Waals surface area (Å²) >= 11 is 6.14. The zero-order valence-electron chi connectivity index (χ0n) is 24.2. The summed E-state index contributed by atoms with van der Waals surface area (Å²) in [6, 6.07) is 7.41. The van der Waals surface area contributed by atoms with Gasteiger partial charge in [0.15, 0.2) is 0 Å². The average molecular weight is 603 g/mol. The van der Waals surface area contributed by atoms with Crippen molar-refractivity contribution in [1.29, 1.82) is 0 Å². The van der Waals surface area contributed by atoms with E-state index in [1.165, 1.54) is 25.3 Å². The number of methoxy groups -OCH3 is 1. The molecule has 0 spiro atoms. The Bertz CT molecular complexity index is 1370. The summed E-state index contributed by atoms with van der Waals surface area (Å²) in [4.78, 5) is 64.1. The van der Waals surface area contributed by atoms with E-state index in [9.17, 15) is 29.3 Å². The molecule has 2 N–H and O–H groups in total. The van der Waals surface area contributed by atoms with Gasteiger partial charge in [0.2, 0.25) is 11.8 Å². The lowest BCUT2D eigenvalue weighted by molar-refractivity contribution is -0.385. The van der Waals surface area contributed by atoms with Crippen molar-refractivity contribution in [2.24, 2.45) is 5.92 Å². The topological polar surface area (TPSA) is 157 Å². The predicted molar refractivity (Wildman–Crippen MR) is 154 cm³/mol. The summed E-state index contributed by atoms with van der Waals surface area (Å²) in [5.41, 5.74) is -0.557. The van der Waals surface area contributed by atoms with Crippen LogP contribution >= 0.6 is 11.6 Å². The molecule has 12 nitrogen and oxygen atoms in total. The Morgan fingerprint density at radius 1 is 1.21 bits per heavy atom. The summed E-state index contributed by atoms with van der Waals surface area (Å²) < 4.78 is 10.7. The molecule has 0 bridgehead atoms. The highest BCUT2D eigenvalue weighted by Crippen LogP contribution is 2.29. The van der Waals surface area contributed by atoms with Crippen molar-refractivity contribution < 1.29 is 33.6 Å². The molecule has 0 saturated carbocycles. The van der Waals surface area contributed by atoms with E-state index in [1.807, 2.05) is 6.92 Å². The number of benzene rings is 2. The highest BCUT2D eigenvalue weighted by Gasteiger charge is 2.36. The highest BCUT2D eigenvalue weighted by atomic mass is 35.5. The summed E-state index contributed by atoms with van der Waals surface area (Å²) in [7, 11) is 1.49. The number of urea groups is 1. The van der Waals surface area contributed by atoms with Gasteiger partial charge in [-0.2, -0.15) is 0 Å². The normalized spacial score (nSPS) is 16.2. The first-order valence-corrected chi connectivity index (χ1v) is 13.8. The van der Waals surface area contributed by atoms with Crippen molar-refractivity contribution in [3.8, 4) is 5.75 Å². The van der Waals surface area contributed by atoms with Gasteiger partial charge in [-0.15, -0.1) is 0 Å². The fourth-order valence-corrected chi connectivity index (χ4v) is 4.78. The average Bonchev–Trinajstić information content (AvgIpc) is 3.05. The molecule has 1 heterocycles. The number of hydrogen-bond acceptors (Lipinski definition) is 8. The first-order chi connectivity index (χ1) is 19.7. The minimum atomic E-state index is -0.857. The van der Waals surface area contributed by atoms with Crippen LogP contribution < -0.4 is 15.4 Å². The lowest BCUT2D eigenvalue weighted by Crippen LogP contribution is -2.48. The molecule has 2 aromatic carbocycles. The molecule has 1 aliphatic heterocycles. The Labute approximate surface area is 248 Å². The Hall–Kier alpha value is -4.19. The molecule has 0 radical (unpaired) electrons. The van der Waals surface area contributed by atoms with Crippen molar-refractivity contribution in [2.45, 2.75) is 58.6 Å². The van der Waals surface area contributed by atoms with E-state index in [0.29, 0.717) is 34.7 Å². The first kappa shape index (κ1) is 32.3. The van der Waals surface area contributed by atoms with Crippen LogP contribution in [0.5, 0.6) is 5.75 Å². The van der Waals surface area contributed by atoms with Gasteiger partial charge < -0.3 is 20.1 Å². The van der Waals surface area contributed by atoms with Crippen LogP contribution in [0, 0.1) is 16.0 Å². The second-order valence-corrected chi connectivity index (χ2v) is 11.3. The molecule has 42 heavy (non-hydrogen) atoms. The third kappa shape index (κ3) is 8.19. The van der Waals surface area contributed by atoms with E-state index in [-0.39, 0.29) is 18.5 Å². The smallest absolute Gasteiger partial charge is 0.345 e. The fourth-order valence-electron chi connectivity index (χ4n) is 4.59. The largest absolute Gasteiger partial charge is 0.496 e. The standard InChI is InChI=1S/C29H35ClN4O8/c1-6-7-22(17-8-10-21(23(14-17)34(39)40)27(37)42-29(2,3)4)32-28(38)33-16-25(35)31-15-19(26(33)36)12-18-13-20(30)9-11-24(18)41-5/h8-11,13-14,19,22H,6-7,12,15-16H2,1-5H3,(H,31,35)(H,32,38)/t19-,22+/m0/s1. The summed E-state index contributed by atoms with van der Waals surface area (Å²) in [5.74, 6) is -2.20. The van der Waals surface area contributed by atoms with Gasteiger partial charge in [0, 0.05) is 17.6 Å². The molecular weight excluding hydrogens is 568 g/mol. The number of carbonyl (C=O) groups is 4. The van der Waals surface area contributed by atoms with Gasteiger partial charge in [0.05, 0.1) is 24.0 Å². The van der Waals surface area contributed by atoms with Crippen LogP contribution in [-0.4, -0.2) is 59.4 Å². The number of hydrogen-bond donors (Lipinski definition) is 2. The zero-order valence-corrected chi connectivity index (χ0v) is 24.9. The van der Waals surface area contributed by atoms with Crippen LogP contribution in [0.15, 0.2) is 36.4 Å². The number of esters is 1. The molecule has 1 saturated heterocycles. The highest BCUT2D eigenvalue weighted by molar-refractivity contribution is 6.30. The van der Waals surface area contributed by atoms with E-state index >= 15 is 0 Å². The summed E-state index contributed by atoms with van der Waals surface area (Å²) in [6.07, 6.45) is 1.10. The second kappa shape index (κ2) is 13.6. The molecule has 0 unspecified atom stereocenters. The fraction of sp³-hybridized carbons (Fsp3) is 0.448. The van der Waals surface area contributed by atoms with Gasteiger partial charge in [-0.05, 0) is 69.0 Å². The number of nitrogens with zero attached hydrogens (tertiary/aromatic N) is 2. The number of carbonyl (C=O) groups excluding carboxylic acids is 4. The van der Waals surface area contributed by atoms with Gasteiger partial charge in [0.25, 0.3) is 5.69 Å². The van der Waals surface area contributed by atoms with E-state index in [4.69, 9.17) is 21.1 Å². The number of amides is 4. The molecule has 13 heteroatoms. The maximum atomic E-state index is 13.5. The number of nitro benzene ring substituents is 1. The maximum absolute atomic E-state index is 13.5. The van der Waals surface area contributed by atoms with E-state index in [2.05, 4.69) is 10.6 Å². The molecule has 2 aromatic rings. The monoisotopic (exact) mass is 602 g/mol. The number of nitrogens with one attached hydrogen (secondary N) is 2. The molecule has 226 valence electrons.